The molecule has 1 aliphatic rings. The fraction of sp³-hybridized carbons (Fsp3) is 0.462. The van der Waals surface area contributed by atoms with E-state index in [1.165, 1.54) is 10.9 Å². The van der Waals surface area contributed by atoms with Gasteiger partial charge in [0.25, 0.3) is 0 Å². The third-order valence-electron chi connectivity index (χ3n) is 3.66. The number of ether oxygens (including phenoxy) is 1. The summed E-state index contributed by atoms with van der Waals surface area (Å²) in [6.07, 6.45) is 4.94. The van der Waals surface area contributed by atoms with Gasteiger partial charge in [-0.3, -0.25) is 0 Å². The number of methoxy groups -OCH3 is 1. The van der Waals surface area contributed by atoms with Crippen LogP contribution in [0.1, 0.15) is 5.56 Å². The van der Waals surface area contributed by atoms with Crippen LogP contribution in [0.3, 0.4) is 0 Å². The Bertz CT molecular complexity index is 537. The molecule has 2 aromatic heterocycles. The number of nitrogens with zero attached hydrogens (tertiary/aromatic N) is 2. The van der Waals surface area contributed by atoms with E-state index in [0.717, 1.165) is 25.2 Å². The minimum atomic E-state index is -0.0237. The summed E-state index contributed by atoms with van der Waals surface area (Å²) in [4.78, 5) is 4.41. The van der Waals surface area contributed by atoms with Crippen molar-refractivity contribution < 1.29 is 4.74 Å². The monoisotopic (exact) mass is 231 g/mol. The smallest absolute Gasteiger partial charge is 0.139 e. The third-order valence-corrected chi connectivity index (χ3v) is 3.66. The molecule has 2 aromatic rings. The summed E-state index contributed by atoms with van der Waals surface area (Å²) < 4.78 is 7.73. The second kappa shape index (κ2) is 3.82. The second-order valence-electron chi connectivity index (χ2n) is 4.81. The van der Waals surface area contributed by atoms with Crippen molar-refractivity contribution in [1.29, 1.82) is 0 Å². The van der Waals surface area contributed by atoms with E-state index in [9.17, 15) is 0 Å². The van der Waals surface area contributed by atoms with Gasteiger partial charge in [0, 0.05) is 51.4 Å². The van der Waals surface area contributed by atoms with E-state index in [2.05, 4.69) is 27.1 Å². The Morgan fingerprint density at radius 2 is 2.35 bits per heavy atom. The van der Waals surface area contributed by atoms with E-state index in [0.29, 0.717) is 0 Å². The Labute approximate surface area is 101 Å². The molecule has 0 saturated carbocycles. The molecule has 4 heteroatoms. The Hall–Kier alpha value is -1.39. The van der Waals surface area contributed by atoms with Crippen molar-refractivity contribution in [2.45, 2.75) is 12.0 Å². The molecule has 1 saturated heterocycles. The number of pyridine rings is 1. The number of rotatable bonds is 3. The predicted octanol–water partition coefficient (Wildman–Crippen LogP) is 1.10. The first-order chi connectivity index (χ1) is 8.24. The molecule has 0 aromatic carbocycles. The minimum Gasteiger partial charge on any atom is -0.375 e. The molecule has 4 nitrogen and oxygen atoms in total. The van der Waals surface area contributed by atoms with Crippen LogP contribution in [0.4, 0.5) is 0 Å². The van der Waals surface area contributed by atoms with Gasteiger partial charge in [0.05, 0.1) is 5.60 Å². The normalized spacial score (nSPS) is 18.2. The maximum atomic E-state index is 5.64. The average molecular weight is 231 g/mol. The number of fused-ring (bicyclic) bond motifs is 1. The Kier molecular flexibility index (Phi) is 2.42. The molecule has 0 bridgehead atoms. The topological polar surface area (TPSA) is 39.1 Å². The molecule has 17 heavy (non-hydrogen) atoms. The van der Waals surface area contributed by atoms with Gasteiger partial charge in [-0.25, -0.2) is 4.98 Å². The maximum absolute atomic E-state index is 5.64. The lowest BCUT2D eigenvalue weighted by atomic mass is 9.89. The summed E-state index contributed by atoms with van der Waals surface area (Å²) in [5.74, 6) is 0. The highest BCUT2D eigenvalue weighted by Gasteiger charge is 2.37. The van der Waals surface area contributed by atoms with E-state index >= 15 is 0 Å². The van der Waals surface area contributed by atoms with Gasteiger partial charge >= 0.3 is 0 Å². The van der Waals surface area contributed by atoms with Crippen LogP contribution in [0, 0.1) is 0 Å². The largest absolute Gasteiger partial charge is 0.375 e. The van der Waals surface area contributed by atoms with Gasteiger partial charge in [-0.2, -0.15) is 0 Å². The van der Waals surface area contributed by atoms with Crippen molar-refractivity contribution in [2.75, 3.05) is 20.2 Å². The zero-order valence-corrected chi connectivity index (χ0v) is 10.2. The number of hydrogen-bond donors (Lipinski definition) is 1. The van der Waals surface area contributed by atoms with Gasteiger partial charge in [0.1, 0.15) is 5.65 Å². The standard InChI is InChI=1S/C13H17N3O/c1-16-7-10(6-13(17-2)8-14-9-13)11-4-3-5-15-12(11)16/h3-5,7,14H,6,8-9H2,1-2H3. The van der Waals surface area contributed by atoms with Crippen LogP contribution in [-0.2, 0) is 18.2 Å². The molecule has 0 spiro atoms. The lowest BCUT2D eigenvalue weighted by molar-refractivity contribution is -0.0500. The van der Waals surface area contributed by atoms with Crippen LogP contribution < -0.4 is 5.32 Å². The lowest BCUT2D eigenvalue weighted by Gasteiger charge is -2.41. The molecule has 1 N–H and O–H groups in total. The van der Waals surface area contributed by atoms with Crippen molar-refractivity contribution in [3.63, 3.8) is 0 Å². The third kappa shape index (κ3) is 1.64. The molecule has 0 unspecified atom stereocenters. The van der Waals surface area contributed by atoms with Gasteiger partial charge in [-0.15, -0.1) is 0 Å². The first-order valence-corrected chi connectivity index (χ1v) is 5.89. The lowest BCUT2D eigenvalue weighted by Crippen LogP contribution is -2.61. The second-order valence-corrected chi connectivity index (χ2v) is 4.81. The van der Waals surface area contributed by atoms with Gasteiger partial charge in [-0.05, 0) is 17.7 Å². The molecule has 90 valence electrons. The molecule has 0 aliphatic carbocycles. The number of aromatic nitrogens is 2. The number of nitrogens with one attached hydrogen (secondary N) is 1. The van der Waals surface area contributed by atoms with Crippen LogP contribution in [-0.4, -0.2) is 35.4 Å². The van der Waals surface area contributed by atoms with E-state index < -0.39 is 0 Å². The number of hydrogen-bond acceptors (Lipinski definition) is 3. The van der Waals surface area contributed by atoms with Gasteiger partial charge in [0.2, 0.25) is 0 Å². The molecule has 3 rings (SSSR count). The van der Waals surface area contributed by atoms with E-state index in [1.807, 2.05) is 19.3 Å². The molecule has 0 amide bonds. The molecule has 0 atom stereocenters. The zero-order valence-electron chi connectivity index (χ0n) is 10.2. The summed E-state index contributed by atoms with van der Waals surface area (Å²) in [5, 5.41) is 4.52. The molecule has 1 fully saturated rings. The summed E-state index contributed by atoms with van der Waals surface area (Å²) in [6, 6.07) is 4.12. The van der Waals surface area contributed by atoms with Crippen LogP contribution in [0.2, 0.25) is 0 Å². The highest BCUT2D eigenvalue weighted by molar-refractivity contribution is 5.80. The Morgan fingerprint density at radius 3 is 3.00 bits per heavy atom. The van der Waals surface area contributed by atoms with Crippen molar-refractivity contribution in [3.05, 3.63) is 30.1 Å². The Morgan fingerprint density at radius 1 is 1.53 bits per heavy atom. The zero-order chi connectivity index (χ0) is 11.9. The van der Waals surface area contributed by atoms with E-state index in [-0.39, 0.29) is 5.60 Å². The van der Waals surface area contributed by atoms with E-state index in [4.69, 9.17) is 4.74 Å². The predicted molar refractivity (Wildman–Crippen MR) is 67.0 cm³/mol. The molecule has 3 heterocycles. The Balaban J connectivity index is 2.00. The van der Waals surface area contributed by atoms with Gasteiger partial charge in [0.15, 0.2) is 0 Å². The first-order valence-electron chi connectivity index (χ1n) is 5.89. The van der Waals surface area contributed by atoms with Crippen molar-refractivity contribution in [1.82, 2.24) is 14.9 Å². The summed E-state index contributed by atoms with van der Waals surface area (Å²) in [5.41, 5.74) is 2.34. The summed E-state index contributed by atoms with van der Waals surface area (Å²) >= 11 is 0. The minimum absolute atomic E-state index is 0.0237. The number of aryl methyl sites for hydroxylation is 1. The molecular weight excluding hydrogens is 214 g/mol. The molecular formula is C13H17N3O. The van der Waals surface area contributed by atoms with Crippen LogP contribution in [0.25, 0.3) is 11.0 Å². The fourth-order valence-electron chi connectivity index (χ4n) is 2.53. The summed E-state index contributed by atoms with van der Waals surface area (Å²) in [6.45, 7) is 1.86. The molecule has 1 aliphatic heterocycles. The van der Waals surface area contributed by atoms with Gasteiger partial charge < -0.3 is 14.6 Å². The van der Waals surface area contributed by atoms with Crippen LogP contribution in [0.5, 0.6) is 0 Å². The van der Waals surface area contributed by atoms with Crippen molar-refractivity contribution >= 4 is 11.0 Å². The maximum Gasteiger partial charge on any atom is 0.139 e. The quantitative estimate of drug-likeness (QED) is 0.860. The average Bonchev–Trinajstić information content (AvgIpc) is 2.62. The molecule has 0 radical (unpaired) electrons. The van der Waals surface area contributed by atoms with Crippen molar-refractivity contribution in [2.24, 2.45) is 7.05 Å². The van der Waals surface area contributed by atoms with Crippen LogP contribution in [0.15, 0.2) is 24.5 Å². The SMILES string of the molecule is COC1(Cc2cn(C)c3ncccc23)CNC1. The fourth-order valence-corrected chi connectivity index (χ4v) is 2.53. The van der Waals surface area contributed by atoms with E-state index in [1.54, 1.807) is 7.11 Å². The van der Waals surface area contributed by atoms with Gasteiger partial charge in [-0.1, -0.05) is 0 Å². The van der Waals surface area contributed by atoms with Crippen LogP contribution >= 0.6 is 0 Å². The highest BCUT2D eigenvalue weighted by Crippen LogP contribution is 2.27. The van der Waals surface area contributed by atoms with Crippen molar-refractivity contribution in [3.8, 4) is 0 Å². The first kappa shape index (κ1) is 10.7. The summed E-state index contributed by atoms with van der Waals surface area (Å²) in [7, 11) is 3.83. The highest BCUT2D eigenvalue weighted by atomic mass is 16.5.